The highest BCUT2D eigenvalue weighted by molar-refractivity contribution is 6.31. The van der Waals surface area contributed by atoms with E-state index in [1.807, 2.05) is 19.1 Å². The van der Waals surface area contributed by atoms with Crippen LogP contribution in [-0.4, -0.2) is 37.2 Å². The van der Waals surface area contributed by atoms with E-state index in [4.69, 9.17) is 16.3 Å². The van der Waals surface area contributed by atoms with Gasteiger partial charge in [-0.1, -0.05) is 23.8 Å². The molecule has 12 heteroatoms. The molecule has 1 unspecified atom stereocenters. The molecule has 0 bridgehead atoms. The number of hydrogen-bond donors (Lipinski definition) is 1. The first-order chi connectivity index (χ1) is 17.8. The maximum atomic E-state index is 13.3. The van der Waals surface area contributed by atoms with Crippen LogP contribution in [0, 0.1) is 12.8 Å². The van der Waals surface area contributed by atoms with E-state index < -0.39 is 17.3 Å². The molecule has 2 heterocycles. The fourth-order valence-corrected chi connectivity index (χ4v) is 3.77. The smallest absolute Gasteiger partial charge is 0.335 e. The second-order valence-corrected chi connectivity index (χ2v) is 8.69. The Bertz CT molecular complexity index is 1530. The minimum Gasteiger partial charge on any atom is -0.469 e. The van der Waals surface area contributed by atoms with E-state index in [0.29, 0.717) is 22.9 Å². The van der Waals surface area contributed by atoms with Gasteiger partial charge in [0.15, 0.2) is 0 Å². The van der Waals surface area contributed by atoms with Gasteiger partial charge in [0.2, 0.25) is 5.62 Å². The van der Waals surface area contributed by atoms with E-state index in [9.17, 15) is 14.4 Å². The number of aromatic nitrogens is 5. The number of allylic oxidation sites excluding steroid dienone is 4. The van der Waals surface area contributed by atoms with Crippen molar-refractivity contribution in [3.8, 4) is 11.8 Å². The first-order valence-corrected chi connectivity index (χ1v) is 11.9. The van der Waals surface area contributed by atoms with Crippen LogP contribution < -0.4 is 21.7 Å². The van der Waals surface area contributed by atoms with E-state index in [1.54, 1.807) is 42.6 Å². The molecule has 1 atom stereocenters. The summed E-state index contributed by atoms with van der Waals surface area (Å²) in [5, 5.41) is 0.626. The number of nitrogens with zero attached hydrogens (tertiary/aromatic N) is 5. The third-order valence-corrected chi connectivity index (χ3v) is 5.84. The van der Waals surface area contributed by atoms with E-state index in [1.165, 1.54) is 11.7 Å². The minimum atomic E-state index is -0.678. The summed E-state index contributed by atoms with van der Waals surface area (Å²) in [7, 11) is 1.25. The summed E-state index contributed by atoms with van der Waals surface area (Å²) in [4.78, 5) is 53.1. The maximum absolute atomic E-state index is 13.3. The van der Waals surface area contributed by atoms with Gasteiger partial charge in [0.05, 0.1) is 19.2 Å². The van der Waals surface area contributed by atoms with Gasteiger partial charge >= 0.3 is 23.4 Å². The van der Waals surface area contributed by atoms with Crippen molar-refractivity contribution in [3.05, 3.63) is 92.1 Å². The Hall–Kier alpha value is -4.25. The first kappa shape index (κ1) is 25.8. The molecule has 0 radical (unpaired) electrons. The van der Waals surface area contributed by atoms with Crippen LogP contribution in [0.15, 0.2) is 74.4 Å². The normalized spacial score (nSPS) is 15.4. The molecular weight excluding hydrogens is 500 g/mol. The number of carbonyl (C=O) groups excluding carboxylic acids is 1. The minimum absolute atomic E-state index is 0.0424. The summed E-state index contributed by atoms with van der Waals surface area (Å²) in [5.74, 6) is -0.0700. The van der Waals surface area contributed by atoms with Gasteiger partial charge in [-0.05, 0) is 55.7 Å². The number of carbonyl (C=O) groups is 1. The number of ether oxygens (including phenoxy) is 2. The number of esters is 1. The van der Waals surface area contributed by atoms with E-state index in [-0.39, 0.29) is 37.1 Å². The fraction of sp³-hybridized carbons (Fsp3) is 0.280. The number of halogens is 1. The van der Waals surface area contributed by atoms with Crippen molar-refractivity contribution < 1.29 is 14.3 Å². The highest BCUT2D eigenvalue weighted by atomic mass is 35.5. The second kappa shape index (κ2) is 11.7. The van der Waals surface area contributed by atoms with Crippen molar-refractivity contribution in [2.75, 3.05) is 7.11 Å². The van der Waals surface area contributed by atoms with Crippen LogP contribution in [0.5, 0.6) is 11.8 Å². The second-order valence-electron chi connectivity index (χ2n) is 8.26. The number of benzene rings is 1. The zero-order chi connectivity index (χ0) is 26.4. The number of hydrogen-bond acceptors (Lipinski definition) is 8. The quantitative estimate of drug-likeness (QED) is 0.448. The molecule has 1 N–H and O–H groups in total. The SMILES string of the molecule is COC(=O)CCn1c(=O)[nH]/c(=N\c2ccc(Oc3nccc(C)n3)cc2)n(CC2C=CC(Cl)=CC2)c1=O. The van der Waals surface area contributed by atoms with Crippen molar-refractivity contribution in [1.29, 1.82) is 0 Å². The van der Waals surface area contributed by atoms with Crippen LogP contribution in [0.4, 0.5) is 5.69 Å². The van der Waals surface area contributed by atoms with Crippen molar-refractivity contribution in [1.82, 2.24) is 24.1 Å². The molecule has 0 saturated carbocycles. The van der Waals surface area contributed by atoms with Gasteiger partial charge < -0.3 is 9.47 Å². The molecule has 0 aliphatic heterocycles. The molecule has 0 saturated heterocycles. The Morgan fingerprint density at radius 2 is 2.00 bits per heavy atom. The third kappa shape index (κ3) is 6.70. The first-order valence-electron chi connectivity index (χ1n) is 11.5. The zero-order valence-electron chi connectivity index (χ0n) is 20.3. The lowest BCUT2D eigenvalue weighted by Crippen LogP contribution is -2.50. The highest BCUT2D eigenvalue weighted by Gasteiger charge is 2.15. The van der Waals surface area contributed by atoms with Crippen LogP contribution in [0.2, 0.25) is 0 Å². The Labute approximate surface area is 216 Å². The van der Waals surface area contributed by atoms with Gasteiger partial charge in [-0.3, -0.25) is 14.3 Å². The van der Waals surface area contributed by atoms with E-state index in [0.717, 1.165) is 10.3 Å². The lowest BCUT2D eigenvalue weighted by atomic mass is 10.0. The molecule has 0 spiro atoms. The van der Waals surface area contributed by atoms with Crippen LogP contribution in [-0.2, 0) is 22.6 Å². The summed E-state index contributed by atoms with van der Waals surface area (Å²) >= 11 is 6.03. The molecule has 1 aromatic carbocycles. The molecule has 3 aromatic rings. The predicted molar refractivity (Wildman–Crippen MR) is 136 cm³/mol. The molecule has 2 aromatic heterocycles. The number of aryl methyl sites for hydroxylation is 1. The van der Waals surface area contributed by atoms with Gasteiger partial charge in [0, 0.05) is 30.0 Å². The topological polar surface area (TPSA) is 133 Å². The monoisotopic (exact) mass is 524 g/mol. The van der Waals surface area contributed by atoms with Crippen LogP contribution in [0.25, 0.3) is 0 Å². The number of nitrogens with one attached hydrogen (secondary N) is 1. The van der Waals surface area contributed by atoms with Crippen molar-refractivity contribution in [3.63, 3.8) is 0 Å². The summed E-state index contributed by atoms with van der Waals surface area (Å²) < 4.78 is 12.6. The van der Waals surface area contributed by atoms with Crippen LogP contribution >= 0.6 is 11.6 Å². The number of aromatic amines is 1. The Morgan fingerprint density at radius 1 is 1.22 bits per heavy atom. The molecule has 0 fully saturated rings. The van der Waals surface area contributed by atoms with Crippen LogP contribution in [0.1, 0.15) is 18.5 Å². The lowest BCUT2D eigenvalue weighted by Gasteiger charge is -2.17. The zero-order valence-corrected chi connectivity index (χ0v) is 21.0. The van der Waals surface area contributed by atoms with Gasteiger partial charge in [-0.2, -0.15) is 0 Å². The Kier molecular flexibility index (Phi) is 8.14. The standard InChI is InChI=1S/C25H25ClN6O5/c1-16-11-13-27-23(28-16)37-20-9-7-19(8-10-20)29-22-30-24(34)31(14-12-21(33)36-2)25(35)32(22)15-17-3-5-18(26)6-4-17/h3,5-11,13,17H,4,12,14-15H2,1-2H3,(H,29,30,34). The summed E-state index contributed by atoms with van der Waals surface area (Å²) in [5.41, 5.74) is 0.0707. The van der Waals surface area contributed by atoms with Crippen molar-refractivity contribution >= 4 is 23.3 Å². The third-order valence-electron chi connectivity index (χ3n) is 5.56. The van der Waals surface area contributed by atoms with Gasteiger partial charge in [0.1, 0.15) is 5.75 Å². The molecule has 1 aliphatic carbocycles. The average Bonchev–Trinajstić information content (AvgIpc) is 2.88. The molecule has 1 aliphatic rings. The van der Waals surface area contributed by atoms with E-state index >= 15 is 0 Å². The Morgan fingerprint density at radius 3 is 2.68 bits per heavy atom. The molecule has 0 amide bonds. The molecule has 192 valence electrons. The number of H-pyrrole nitrogens is 1. The lowest BCUT2D eigenvalue weighted by molar-refractivity contribution is -0.140. The summed E-state index contributed by atoms with van der Waals surface area (Å²) in [6.07, 6.45) is 7.64. The van der Waals surface area contributed by atoms with E-state index in [2.05, 4.69) is 24.7 Å². The average molecular weight is 525 g/mol. The fourth-order valence-electron chi connectivity index (χ4n) is 3.61. The molecule has 11 nitrogen and oxygen atoms in total. The molecule has 37 heavy (non-hydrogen) atoms. The largest absolute Gasteiger partial charge is 0.469 e. The summed E-state index contributed by atoms with van der Waals surface area (Å²) in [6.45, 7) is 1.96. The maximum Gasteiger partial charge on any atom is 0.335 e. The molecule has 4 rings (SSSR count). The van der Waals surface area contributed by atoms with Crippen molar-refractivity contribution in [2.45, 2.75) is 32.9 Å². The highest BCUT2D eigenvalue weighted by Crippen LogP contribution is 2.22. The van der Waals surface area contributed by atoms with Crippen molar-refractivity contribution in [2.24, 2.45) is 10.9 Å². The number of rotatable bonds is 8. The van der Waals surface area contributed by atoms with Gasteiger partial charge in [-0.25, -0.2) is 29.1 Å². The summed E-state index contributed by atoms with van der Waals surface area (Å²) in [6, 6.07) is 8.71. The molecular formula is C25H25ClN6O5. The predicted octanol–water partition coefficient (Wildman–Crippen LogP) is 2.72. The van der Waals surface area contributed by atoms with Gasteiger partial charge in [0.25, 0.3) is 0 Å². The van der Waals surface area contributed by atoms with Gasteiger partial charge in [-0.15, -0.1) is 0 Å². The number of methoxy groups -OCH3 is 1. The Balaban J connectivity index is 1.68. The van der Waals surface area contributed by atoms with Crippen LogP contribution in [0.3, 0.4) is 0 Å².